The summed E-state index contributed by atoms with van der Waals surface area (Å²) in [4.78, 5) is 21.6. The third-order valence-corrected chi connectivity index (χ3v) is 6.45. The second-order valence-electron chi connectivity index (χ2n) is 7.00. The maximum atomic E-state index is 13.2. The van der Waals surface area contributed by atoms with Crippen LogP contribution >= 0.6 is 11.3 Å². The van der Waals surface area contributed by atoms with E-state index in [2.05, 4.69) is 4.98 Å². The van der Waals surface area contributed by atoms with Gasteiger partial charge < -0.3 is 4.90 Å². The van der Waals surface area contributed by atoms with Crippen molar-refractivity contribution in [3.63, 3.8) is 0 Å². The molecule has 148 valence electrons. The Hall–Kier alpha value is -2.29. The van der Waals surface area contributed by atoms with Gasteiger partial charge in [0.25, 0.3) is 5.91 Å². The van der Waals surface area contributed by atoms with E-state index in [9.17, 15) is 13.2 Å². The predicted molar refractivity (Wildman–Crippen MR) is 114 cm³/mol. The van der Waals surface area contributed by atoms with Crippen LogP contribution in [0.1, 0.15) is 15.9 Å². The number of likely N-dealkylation sites (N-methyl/N-ethyl adjacent to an activating group) is 1. The molecule has 0 aliphatic carbocycles. The van der Waals surface area contributed by atoms with Crippen LogP contribution in [-0.4, -0.2) is 57.6 Å². The van der Waals surface area contributed by atoms with Gasteiger partial charge in [0.2, 0.25) is 0 Å². The van der Waals surface area contributed by atoms with Crippen LogP contribution in [0, 0.1) is 6.92 Å². The van der Waals surface area contributed by atoms with Gasteiger partial charge in [-0.25, -0.2) is 13.4 Å². The molecule has 0 unspecified atom stereocenters. The molecule has 0 radical (unpaired) electrons. The summed E-state index contributed by atoms with van der Waals surface area (Å²) in [6, 6.07) is 12.5. The van der Waals surface area contributed by atoms with Crippen LogP contribution in [-0.2, 0) is 9.84 Å². The number of hydrogen-bond acceptors (Lipinski definition) is 6. The lowest BCUT2D eigenvalue weighted by Crippen LogP contribution is -2.36. The van der Waals surface area contributed by atoms with Crippen LogP contribution in [0.2, 0.25) is 0 Å². The molecule has 8 heteroatoms. The van der Waals surface area contributed by atoms with E-state index in [1.165, 1.54) is 17.6 Å². The van der Waals surface area contributed by atoms with Crippen LogP contribution in [0.3, 0.4) is 0 Å². The fourth-order valence-electron chi connectivity index (χ4n) is 2.84. The number of fused-ring (bicyclic) bond motifs is 1. The Morgan fingerprint density at radius 1 is 1.11 bits per heavy atom. The van der Waals surface area contributed by atoms with E-state index in [0.717, 1.165) is 10.3 Å². The van der Waals surface area contributed by atoms with Gasteiger partial charge in [0, 0.05) is 24.9 Å². The zero-order valence-corrected chi connectivity index (χ0v) is 18.0. The number of nitrogens with zero attached hydrogens (tertiary/aromatic N) is 3. The number of aryl methyl sites for hydroxylation is 1. The quantitative estimate of drug-likeness (QED) is 0.616. The van der Waals surface area contributed by atoms with Gasteiger partial charge in [-0.2, -0.15) is 0 Å². The number of anilines is 1. The number of thiazole rings is 1. The van der Waals surface area contributed by atoms with E-state index in [-0.39, 0.29) is 10.8 Å². The molecular formula is C20H23N3O3S2. The monoisotopic (exact) mass is 417 g/mol. The topological polar surface area (TPSA) is 70.6 Å². The molecule has 0 saturated carbocycles. The van der Waals surface area contributed by atoms with Crippen molar-refractivity contribution in [2.45, 2.75) is 11.8 Å². The number of amides is 1. The Morgan fingerprint density at radius 3 is 2.46 bits per heavy atom. The lowest BCUT2D eigenvalue weighted by molar-refractivity contribution is 0.0985. The van der Waals surface area contributed by atoms with Crippen molar-refractivity contribution in [1.82, 2.24) is 9.88 Å². The zero-order valence-electron chi connectivity index (χ0n) is 16.3. The summed E-state index contributed by atoms with van der Waals surface area (Å²) in [5.41, 5.74) is 2.00. The molecule has 0 fully saturated rings. The molecule has 0 N–H and O–H groups in total. The standard InChI is InChI=1S/C20H23N3O3S2/c1-14-7-5-8-15(13-14)19(24)23(12-11-22(2)3)20-21-18-16(27-20)9-6-10-17(18)28(4,25)26/h5-10,13H,11-12H2,1-4H3. The van der Waals surface area contributed by atoms with Crippen molar-refractivity contribution in [2.75, 3.05) is 38.3 Å². The Kier molecular flexibility index (Phi) is 5.83. The van der Waals surface area contributed by atoms with E-state index in [0.29, 0.717) is 29.3 Å². The van der Waals surface area contributed by atoms with E-state index < -0.39 is 9.84 Å². The first-order chi connectivity index (χ1) is 13.2. The summed E-state index contributed by atoms with van der Waals surface area (Å²) < 4.78 is 25.0. The number of carbonyl (C=O) groups is 1. The third kappa shape index (κ3) is 4.40. The number of hydrogen-bond donors (Lipinski definition) is 0. The third-order valence-electron chi connectivity index (χ3n) is 4.28. The number of rotatable bonds is 6. The molecule has 6 nitrogen and oxygen atoms in total. The molecule has 0 aliphatic heterocycles. The lowest BCUT2D eigenvalue weighted by Gasteiger charge is -2.22. The maximum absolute atomic E-state index is 13.2. The summed E-state index contributed by atoms with van der Waals surface area (Å²) in [6.45, 7) is 3.05. The van der Waals surface area contributed by atoms with Crippen molar-refractivity contribution in [2.24, 2.45) is 0 Å². The number of carbonyl (C=O) groups excluding carboxylic acids is 1. The molecule has 0 spiro atoms. The smallest absolute Gasteiger partial charge is 0.260 e. The fraction of sp³-hybridized carbons (Fsp3) is 0.300. The summed E-state index contributed by atoms with van der Waals surface area (Å²) in [6.07, 6.45) is 1.17. The summed E-state index contributed by atoms with van der Waals surface area (Å²) in [5.74, 6) is -0.148. The Labute approximate surface area is 169 Å². The van der Waals surface area contributed by atoms with Crippen molar-refractivity contribution in [3.8, 4) is 0 Å². The summed E-state index contributed by atoms with van der Waals surface area (Å²) >= 11 is 1.33. The highest BCUT2D eigenvalue weighted by molar-refractivity contribution is 7.91. The van der Waals surface area contributed by atoms with Gasteiger partial charge in [-0.15, -0.1) is 0 Å². The second-order valence-corrected chi connectivity index (χ2v) is 9.99. The van der Waals surface area contributed by atoms with E-state index in [1.54, 1.807) is 23.1 Å². The zero-order chi connectivity index (χ0) is 20.5. The molecule has 0 saturated heterocycles. The Balaban J connectivity index is 2.09. The summed E-state index contributed by atoms with van der Waals surface area (Å²) in [7, 11) is 0.467. The first-order valence-electron chi connectivity index (χ1n) is 8.79. The van der Waals surface area contributed by atoms with Crippen LogP contribution in [0.15, 0.2) is 47.4 Å². The Morgan fingerprint density at radius 2 is 1.82 bits per heavy atom. The molecule has 0 aliphatic rings. The van der Waals surface area contributed by atoms with Gasteiger partial charge in [0.05, 0.1) is 9.60 Å². The maximum Gasteiger partial charge on any atom is 0.260 e. The molecule has 0 atom stereocenters. The van der Waals surface area contributed by atoms with Crippen LogP contribution in [0.25, 0.3) is 10.2 Å². The van der Waals surface area contributed by atoms with Crippen LogP contribution in [0.5, 0.6) is 0 Å². The predicted octanol–water partition coefficient (Wildman–Crippen LogP) is 3.22. The highest BCUT2D eigenvalue weighted by Gasteiger charge is 2.23. The van der Waals surface area contributed by atoms with Gasteiger partial charge >= 0.3 is 0 Å². The molecule has 3 rings (SSSR count). The first kappa shape index (κ1) is 20.4. The average Bonchev–Trinajstić information content (AvgIpc) is 3.04. The fourth-order valence-corrected chi connectivity index (χ4v) is 4.76. The van der Waals surface area contributed by atoms with Crippen LogP contribution < -0.4 is 4.90 Å². The average molecular weight is 418 g/mol. The molecule has 1 aromatic heterocycles. The van der Waals surface area contributed by atoms with E-state index in [4.69, 9.17) is 0 Å². The van der Waals surface area contributed by atoms with Gasteiger partial charge in [0.15, 0.2) is 15.0 Å². The molecule has 28 heavy (non-hydrogen) atoms. The molecule has 1 heterocycles. The Bertz CT molecular complexity index is 1120. The molecule has 3 aromatic rings. The number of benzene rings is 2. The minimum absolute atomic E-state index is 0.148. The van der Waals surface area contributed by atoms with Crippen molar-refractivity contribution in [1.29, 1.82) is 0 Å². The lowest BCUT2D eigenvalue weighted by atomic mass is 10.1. The van der Waals surface area contributed by atoms with Gasteiger partial charge in [-0.1, -0.05) is 35.1 Å². The van der Waals surface area contributed by atoms with Crippen molar-refractivity contribution < 1.29 is 13.2 Å². The normalized spacial score (nSPS) is 11.9. The molecule has 1 amide bonds. The highest BCUT2D eigenvalue weighted by Crippen LogP contribution is 2.33. The number of sulfone groups is 1. The SMILES string of the molecule is Cc1cccc(C(=O)N(CCN(C)C)c2nc3c(S(C)(=O)=O)cccc3s2)c1. The summed E-state index contributed by atoms with van der Waals surface area (Å²) in [5, 5.41) is 0.499. The largest absolute Gasteiger partial charge is 0.308 e. The van der Waals surface area contributed by atoms with Crippen molar-refractivity contribution in [3.05, 3.63) is 53.6 Å². The van der Waals surface area contributed by atoms with Gasteiger partial charge in [0.1, 0.15) is 5.52 Å². The van der Waals surface area contributed by atoms with Crippen molar-refractivity contribution >= 4 is 42.4 Å². The second kappa shape index (κ2) is 7.98. The first-order valence-corrected chi connectivity index (χ1v) is 11.5. The van der Waals surface area contributed by atoms with E-state index >= 15 is 0 Å². The minimum atomic E-state index is -3.41. The molecule has 2 aromatic carbocycles. The molecular weight excluding hydrogens is 394 g/mol. The van der Waals surface area contributed by atoms with Gasteiger partial charge in [-0.05, 0) is 45.3 Å². The molecule has 0 bridgehead atoms. The number of para-hydroxylation sites is 1. The number of aromatic nitrogens is 1. The highest BCUT2D eigenvalue weighted by atomic mass is 32.2. The van der Waals surface area contributed by atoms with E-state index in [1.807, 2.05) is 50.2 Å². The minimum Gasteiger partial charge on any atom is -0.308 e. The van der Waals surface area contributed by atoms with Gasteiger partial charge in [-0.3, -0.25) is 9.69 Å². The van der Waals surface area contributed by atoms with Crippen LogP contribution in [0.4, 0.5) is 5.13 Å².